The van der Waals surface area contributed by atoms with Crippen LogP contribution in [0, 0.1) is 12.7 Å². The molecule has 0 amide bonds. The quantitative estimate of drug-likeness (QED) is 0.618. The number of fused-ring (bicyclic) bond motifs is 1. The van der Waals surface area contributed by atoms with Crippen LogP contribution in [-0.4, -0.2) is 26.6 Å². The maximum atomic E-state index is 13.9. The first-order valence-corrected chi connectivity index (χ1v) is 8.18. The maximum absolute atomic E-state index is 13.9. The Morgan fingerprint density at radius 3 is 2.76 bits per heavy atom. The Morgan fingerprint density at radius 2 is 1.96 bits per heavy atom. The second-order valence-electron chi connectivity index (χ2n) is 5.39. The van der Waals surface area contributed by atoms with Gasteiger partial charge in [0, 0.05) is 6.54 Å². The van der Waals surface area contributed by atoms with Crippen LogP contribution >= 0.6 is 12.2 Å². The Labute approximate surface area is 149 Å². The van der Waals surface area contributed by atoms with Crippen molar-refractivity contribution in [1.82, 2.24) is 20.3 Å². The van der Waals surface area contributed by atoms with Gasteiger partial charge in [0.15, 0.2) is 16.6 Å². The van der Waals surface area contributed by atoms with Gasteiger partial charge in [-0.15, -0.1) is 0 Å². The summed E-state index contributed by atoms with van der Waals surface area (Å²) < 4.78 is 13.9. The zero-order valence-corrected chi connectivity index (χ0v) is 14.6. The molecule has 1 aromatic carbocycles. The summed E-state index contributed by atoms with van der Waals surface area (Å²) in [6, 6.07) is 8.39. The average Bonchev–Trinajstić information content (AvgIpc) is 2.58. The van der Waals surface area contributed by atoms with E-state index in [0.29, 0.717) is 33.6 Å². The van der Waals surface area contributed by atoms with Crippen molar-refractivity contribution in [3.63, 3.8) is 0 Å². The third kappa shape index (κ3) is 4.16. The molecule has 0 unspecified atom stereocenters. The van der Waals surface area contributed by atoms with Crippen LogP contribution < -0.4 is 16.0 Å². The Hall–Kier alpha value is -2.87. The van der Waals surface area contributed by atoms with E-state index in [-0.39, 0.29) is 5.82 Å². The fraction of sp³-hybridized carbons (Fsp3) is 0.176. The van der Waals surface area contributed by atoms with Crippen molar-refractivity contribution in [2.45, 2.75) is 13.8 Å². The molecule has 0 aliphatic heterocycles. The lowest BCUT2D eigenvalue weighted by Crippen LogP contribution is -2.28. The molecule has 3 N–H and O–H groups in total. The topological polar surface area (TPSA) is 74.8 Å². The molecule has 0 fully saturated rings. The first kappa shape index (κ1) is 17.0. The number of hydrogen-bond acceptors (Lipinski definition) is 5. The largest absolute Gasteiger partial charge is 0.363 e. The normalized spacial score (nSPS) is 10.5. The zero-order chi connectivity index (χ0) is 17.8. The van der Waals surface area contributed by atoms with Gasteiger partial charge in [0.2, 0.25) is 0 Å². The lowest BCUT2D eigenvalue weighted by molar-refractivity contribution is 0.631. The van der Waals surface area contributed by atoms with Crippen LogP contribution in [0.15, 0.2) is 36.5 Å². The van der Waals surface area contributed by atoms with E-state index < -0.39 is 0 Å². The molecule has 0 spiro atoms. The van der Waals surface area contributed by atoms with Crippen LogP contribution in [0.1, 0.15) is 12.5 Å². The Kier molecular flexibility index (Phi) is 4.99. The number of benzene rings is 1. The minimum Gasteiger partial charge on any atom is -0.363 e. The first-order chi connectivity index (χ1) is 12.0. The molecule has 25 heavy (non-hydrogen) atoms. The maximum Gasteiger partial charge on any atom is 0.182 e. The summed E-state index contributed by atoms with van der Waals surface area (Å²) in [4.78, 5) is 13.1. The highest BCUT2D eigenvalue weighted by molar-refractivity contribution is 7.80. The number of hydrogen-bond donors (Lipinski definition) is 3. The summed E-state index contributed by atoms with van der Waals surface area (Å²) in [5, 5.41) is 9.39. The van der Waals surface area contributed by atoms with Crippen molar-refractivity contribution in [3.8, 4) is 0 Å². The number of pyridine rings is 1. The van der Waals surface area contributed by atoms with Crippen molar-refractivity contribution in [2.75, 3.05) is 17.2 Å². The molecular weight excluding hydrogens is 339 g/mol. The third-order valence-corrected chi connectivity index (χ3v) is 3.62. The minimum absolute atomic E-state index is 0.344. The van der Waals surface area contributed by atoms with E-state index in [0.717, 1.165) is 12.1 Å². The van der Waals surface area contributed by atoms with E-state index in [1.807, 2.05) is 13.8 Å². The molecule has 128 valence electrons. The van der Waals surface area contributed by atoms with Gasteiger partial charge < -0.3 is 16.0 Å². The summed E-state index contributed by atoms with van der Waals surface area (Å²) in [7, 11) is 0. The van der Waals surface area contributed by atoms with Gasteiger partial charge in [-0.25, -0.2) is 19.3 Å². The molecule has 3 aromatic rings. The Bertz CT molecular complexity index is 930. The highest BCUT2D eigenvalue weighted by Gasteiger charge is 2.07. The summed E-state index contributed by atoms with van der Waals surface area (Å²) >= 11 is 5.14. The molecule has 0 radical (unpaired) electrons. The standard InChI is InChI=1S/C17H17FN6S/c1-3-19-17(25)24-14-7-6-12-16(22-14)23-15(9-20-12)21-13-8-10(2)4-5-11(13)18/h4-9H,3H2,1-2H3,(H3,19,21,22,23,24,25). The monoisotopic (exact) mass is 356 g/mol. The first-order valence-electron chi connectivity index (χ1n) is 7.77. The highest BCUT2D eigenvalue weighted by atomic mass is 32.1. The lowest BCUT2D eigenvalue weighted by atomic mass is 10.2. The van der Waals surface area contributed by atoms with E-state index >= 15 is 0 Å². The van der Waals surface area contributed by atoms with Crippen molar-refractivity contribution >= 4 is 45.8 Å². The van der Waals surface area contributed by atoms with Gasteiger partial charge in [-0.1, -0.05) is 6.07 Å². The number of nitrogens with one attached hydrogen (secondary N) is 3. The molecule has 0 atom stereocenters. The van der Waals surface area contributed by atoms with Gasteiger partial charge >= 0.3 is 0 Å². The predicted octanol–water partition coefficient (Wildman–Crippen LogP) is 3.52. The van der Waals surface area contributed by atoms with Crippen molar-refractivity contribution in [2.24, 2.45) is 0 Å². The Balaban J connectivity index is 1.87. The molecule has 0 bridgehead atoms. The van der Waals surface area contributed by atoms with E-state index in [9.17, 15) is 4.39 Å². The van der Waals surface area contributed by atoms with Gasteiger partial charge in [0.1, 0.15) is 17.2 Å². The zero-order valence-electron chi connectivity index (χ0n) is 13.8. The smallest absolute Gasteiger partial charge is 0.182 e. The van der Waals surface area contributed by atoms with Crippen LogP contribution in [0.2, 0.25) is 0 Å². The highest BCUT2D eigenvalue weighted by Crippen LogP contribution is 2.21. The van der Waals surface area contributed by atoms with E-state index in [2.05, 4.69) is 30.9 Å². The predicted molar refractivity (Wildman–Crippen MR) is 102 cm³/mol. The average molecular weight is 356 g/mol. The SMILES string of the molecule is CCNC(=S)Nc1ccc2ncc(Nc3cc(C)ccc3F)nc2n1. The Morgan fingerprint density at radius 1 is 1.16 bits per heavy atom. The minimum atomic E-state index is -0.355. The molecule has 3 rings (SSSR count). The molecule has 0 saturated carbocycles. The molecule has 0 aliphatic rings. The summed E-state index contributed by atoms with van der Waals surface area (Å²) in [6.45, 7) is 4.56. The van der Waals surface area contributed by atoms with Gasteiger partial charge in [-0.3, -0.25) is 0 Å². The molecule has 0 saturated heterocycles. The number of thiocarbonyl (C=S) groups is 1. The van der Waals surface area contributed by atoms with E-state index in [1.54, 1.807) is 30.5 Å². The second kappa shape index (κ2) is 7.35. The molecule has 0 aliphatic carbocycles. The fourth-order valence-corrected chi connectivity index (χ4v) is 2.47. The van der Waals surface area contributed by atoms with Gasteiger partial charge in [0.05, 0.1) is 11.9 Å². The number of aryl methyl sites for hydroxylation is 1. The number of rotatable bonds is 4. The number of anilines is 3. The lowest BCUT2D eigenvalue weighted by Gasteiger charge is -2.10. The van der Waals surface area contributed by atoms with Crippen molar-refractivity contribution in [3.05, 3.63) is 47.9 Å². The van der Waals surface area contributed by atoms with Crippen LogP contribution in [-0.2, 0) is 0 Å². The van der Waals surface area contributed by atoms with Crippen molar-refractivity contribution in [1.29, 1.82) is 0 Å². The van der Waals surface area contributed by atoms with Crippen LogP contribution in [0.25, 0.3) is 11.2 Å². The molecular formula is C17H17FN6S. The molecule has 6 nitrogen and oxygen atoms in total. The van der Waals surface area contributed by atoms with Gasteiger partial charge in [-0.2, -0.15) is 0 Å². The van der Waals surface area contributed by atoms with Crippen LogP contribution in [0.3, 0.4) is 0 Å². The molecule has 2 heterocycles. The summed E-state index contributed by atoms with van der Waals surface area (Å²) in [5.41, 5.74) is 2.35. The number of nitrogens with zero attached hydrogens (tertiary/aromatic N) is 3. The fourth-order valence-electron chi connectivity index (χ4n) is 2.22. The van der Waals surface area contributed by atoms with Crippen LogP contribution in [0.4, 0.5) is 21.7 Å². The summed E-state index contributed by atoms with van der Waals surface area (Å²) in [5.74, 6) is 0.620. The van der Waals surface area contributed by atoms with Gasteiger partial charge in [0.25, 0.3) is 0 Å². The van der Waals surface area contributed by atoms with Crippen LogP contribution in [0.5, 0.6) is 0 Å². The summed E-state index contributed by atoms with van der Waals surface area (Å²) in [6.07, 6.45) is 1.54. The number of halogens is 1. The number of aromatic nitrogens is 3. The molecule has 8 heteroatoms. The van der Waals surface area contributed by atoms with E-state index in [4.69, 9.17) is 12.2 Å². The second-order valence-corrected chi connectivity index (χ2v) is 5.80. The molecule has 2 aromatic heterocycles. The van der Waals surface area contributed by atoms with Gasteiger partial charge in [-0.05, 0) is 55.9 Å². The van der Waals surface area contributed by atoms with Crippen molar-refractivity contribution < 1.29 is 4.39 Å². The van der Waals surface area contributed by atoms with E-state index in [1.165, 1.54) is 6.07 Å². The third-order valence-electron chi connectivity index (χ3n) is 3.37.